The minimum atomic E-state index is -4.48. The predicted molar refractivity (Wildman–Crippen MR) is 97.9 cm³/mol. The molecule has 0 fully saturated rings. The SMILES string of the molecule is COC(C)CNC(=O)c1c(-c2ccc(-c3cccc(C(F)(F)F)c3)o2)noc1N. The molecule has 154 valence electrons. The van der Waals surface area contributed by atoms with Crippen molar-refractivity contribution in [3.63, 3.8) is 0 Å². The molecule has 2 aromatic heterocycles. The number of anilines is 1. The average Bonchev–Trinajstić information content (AvgIpc) is 3.32. The smallest absolute Gasteiger partial charge is 0.416 e. The molecule has 7 nitrogen and oxygen atoms in total. The van der Waals surface area contributed by atoms with Gasteiger partial charge in [-0.3, -0.25) is 4.79 Å². The Morgan fingerprint density at radius 3 is 2.69 bits per heavy atom. The third-order valence-electron chi connectivity index (χ3n) is 4.21. The highest BCUT2D eigenvalue weighted by molar-refractivity contribution is 6.03. The van der Waals surface area contributed by atoms with Crippen LogP contribution in [0.4, 0.5) is 19.1 Å². The Morgan fingerprint density at radius 1 is 1.28 bits per heavy atom. The molecule has 3 rings (SSSR count). The van der Waals surface area contributed by atoms with Crippen LogP contribution in [0.15, 0.2) is 45.3 Å². The van der Waals surface area contributed by atoms with Gasteiger partial charge in [0.25, 0.3) is 5.91 Å². The zero-order valence-electron chi connectivity index (χ0n) is 15.5. The number of carbonyl (C=O) groups excluding carboxylic acids is 1. The zero-order chi connectivity index (χ0) is 21.2. The highest BCUT2D eigenvalue weighted by Gasteiger charge is 2.31. The molecule has 0 aliphatic heterocycles. The zero-order valence-corrected chi connectivity index (χ0v) is 15.5. The fourth-order valence-corrected chi connectivity index (χ4v) is 2.57. The number of aromatic nitrogens is 1. The first-order chi connectivity index (χ1) is 13.7. The number of nitrogens with zero attached hydrogens (tertiary/aromatic N) is 1. The van der Waals surface area contributed by atoms with Gasteiger partial charge in [-0.05, 0) is 31.2 Å². The van der Waals surface area contributed by atoms with Crippen LogP contribution in [0.5, 0.6) is 0 Å². The molecular weight excluding hydrogens is 391 g/mol. The standard InChI is InChI=1S/C19H18F3N3O4/c1-10(27-2)9-24-18(26)15-16(25-29-17(15)23)14-7-6-13(28-14)11-4-3-5-12(8-11)19(20,21)22/h3-8,10H,9,23H2,1-2H3,(H,24,26). The van der Waals surface area contributed by atoms with Crippen molar-refractivity contribution in [3.05, 3.63) is 47.5 Å². The minimum Gasteiger partial charge on any atom is -0.454 e. The van der Waals surface area contributed by atoms with E-state index in [1.54, 1.807) is 6.92 Å². The van der Waals surface area contributed by atoms with Crippen LogP contribution in [-0.4, -0.2) is 30.8 Å². The molecule has 1 aromatic carbocycles. The number of ether oxygens (including phenoxy) is 1. The number of benzene rings is 1. The van der Waals surface area contributed by atoms with Crippen molar-refractivity contribution in [1.29, 1.82) is 0 Å². The van der Waals surface area contributed by atoms with Gasteiger partial charge in [0.2, 0.25) is 5.88 Å². The molecule has 3 N–H and O–H groups in total. The molecular formula is C19H18F3N3O4. The van der Waals surface area contributed by atoms with E-state index in [9.17, 15) is 18.0 Å². The lowest BCUT2D eigenvalue weighted by Crippen LogP contribution is -2.32. The second-order valence-electron chi connectivity index (χ2n) is 6.27. The summed E-state index contributed by atoms with van der Waals surface area (Å²) in [5, 5.41) is 6.39. The molecule has 1 unspecified atom stereocenters. The van der Waals surface area contributed by atoms with E-state index in [-0.39, 0.29) is 46.9 Å². The van der Waals surface area contributed by atoms with Gasteiger partial charge >= 0.3 is 6.18 Å². The van der Waals surface area contributed by atoms with E-state index in [1.807, 2.05) is 0 Å². The van der Waals surface area contributed by atoms with Gasteiger partial charge in [0.05, 0.1) is 11.7 Å². The van der Waals surface area contributed by atoms with Crippen molar-refractivity contribution in [2.75, 3.05) is 19.4 Å². The van der Waals surface area contributed by atoms with Gasteiger partial charge < -0.3 is 24.7 Å². The molecule has 0 spiro atoms. The largest absolute Gasteiger partial charge is 0.454 e. The molecule has 3 aromatic rings. The molecule has 1 amide bonds. The Morgan fingerprint density at radius 2 is 2.00 bits per heavy atom. The van der Waals surface area contributed by atoms with E-state index in [4.69, 9.17) is 19.4 Å². The second kappa shape index (κ2) is 8.00. The van der Waals surface area contributed by atoms with Crippen LogP contribution in [-0.2, 0) is 10.9 Å². The summed E-state index contributed by atoms with van der Waals surface area (Å²) in [7, 11) is 1.51. The van der Waals surface area contributed by atoms with Crippen LogP contribution in [0.2, 0.25) is 0 Å². The number of alkyl halides is 3. The van der Waals surface area contributed by atoms with Gasteiger partial charge in [0, 0.05) is 19.2 Å². The van der Waals surface area contributed by atoms with Crippen molar-refractivity contribution in [1.82, 2.24) is 10.5 Å². The van der Waals surface area contributed by atoms with Crippen molar-refractivity contribution in [2.24, 2.45) is 0 Å². The number of nitrogens with two attached hydrogens (primary N) is 1. The monoisotopic (exact) mass is 409 g/mol. The van der Waals surface area contributed by atoms with Gasteiger partial charge in [-0.25, -0.2) is 0 Å². The van der Waals surface area contributed by atoms with Crippen LogP contribution >= 0.6 is 0 Å². The molecule has 0 saturated carbocycles. The first-order valence-corrected chi connectivity index (χ1v) is 8.54. The molecule has 10 heteroatoms. The predicted octanol–water partition coefficient (Wildman–Crippen LogP) is 3.97. The highest BCUT2D eigenvalue weighted by Crippen LogP contribution is 2.35. The van der Waals surface area contributed by atoms with Gasteiger partial charge in [-0.1, -0.05) is 17.3 Å². The van der Waals surface area contributed by atoms with E-state index < -0.39 is 17.6 Å². The number of methoxy groups -OCH3 is 1. The summed E-state index contributed by atoms with van der Waals surface area (Å²) in [6.07, 6.45) is -4.70. The maximum absolute atomic E-state index is 12.9. The molecule has 2 heterocycles. The first kappa shape index (κ1) is 20.5. The van der Waals surface area contributed by atoms with Crippen LogP contribution in [0.25, 0.3) is 22.8 Å². The summed E-state index contributed by atoms with van der Waals surface area (Å²) in [6.45, 7) is 2.00. The van der Waals surface area contributed by atoms with E-state index >= 15 is 0 Å². The number of carbonyl (C=O) groups is 1. The summed E-state index contributed by atoms with van der Waals surface area (Å²) in [5.41, 5.74) is 5.16. The highest BCUT2D eigenvalue weighted by atomic mass is 19.4. The van der Waals surface area contributed by atoms with E-state index in [0.717, 1.165) is 12.1 Å². The Kier molecular flexibility index (Phi) is 5.64. The van der Waals surface area contributed by atoms with Crippen LogP contribution in [0.1, 0.15) is 22.8 Å². The van der Waals surface area contributed by atoms with Gasteiger partial charge in [-0.15, -0.1) is 0 Å². The summed E-state index contributed by atoms with van der Waals surface area (Å²) >= 11 is 0. The van der Waals surface area contributed by atoms with Gasteiger partial charge in [0.15, 0.2) is 11.5 Å². The number of rotatable bonds is 6. The average molecular weight is 409 g/mol. The lowest BCUT2D eigenvalue weighted by molar-refractivity contribution is -0.137. The molecule has 0 aliphatic carbocycles. The summed E-state index contributed by atoms with van der Waals surface area (Å²) in [5.74, 6) is -0.450. The number of amides is 1. The maximum Gasteiger partial charge on any atom is 0.416 e. The number of halogens is 3. The fourth-order valence-electron chi connectivity index (χ4n) is 2.57. The molecule has 0 bridgehead atoms. The van der Waals surface area contributed by atoms with Gasteiger partial charge in [-0.2, -0.15) is 13.2 Å². The van der Waals surface area contributed by atoms with E-state index in [2.05, 4.69) is 10.5 Å². The van der Waals surface area contributed by atoms with Crippen molar-refractivity contribution >= 4 is 11.8 Å². The normalized spacial score (nSPS) is 12.7. The number of nitrogen functional groups attached to an aromatic ring is 1. The van der Waals surface area contributed by atoms with E-state index in [1.165, 1.54) is 31.4 Å². The summed E-state index contributed by atoms with van der Waals surface area (Å²) in [6, 6.07) is 7.65. The molecule has 1 atom stereocenters. The molecule has 0 radical (unpaired) electrons. The van der Waals surface area contributed by atoms with Gasteiger partial charge in [0.1, 0.15) is 11.3 Å². The third kappa shape index (κ3) is 4.43. The Bertz CT molecular complexity index is 1010. The van der Waals surface area contributed by atoms with Crippen molar-refractivity contribution < 1.29 is 31.6 Å². The molecule has 0 saturated heterocycles. The Labute approximate surface area is 163 Å². The lowest BCUT2D eigenvalue weighted by atomic mass is 10.1. The first-order valence-electron chi connectivity index (χ1n) is 8.54. The second-order valence-corrected chi connectivity index (χ2v) is 6.27. The number of nitrogens with one attached hydrogen (secondary N) is 1. The van der Waals surface area contributed by atoms with E-state index in [0.29, 0.717) is 0 Å². The summed E-state index contributed by atoms with van der Waals surface area (Å²) in [4.78, 5) is 12.5. The van der Waals surface area contributed by atoms with Crippen molar-refractivity contribution in [3.8, 4) is 22.8 Å². The number of hydrogen-bond acceptors (Lipinski definition) is 6. The fraction of sp³-hybridized carbons (Fsp3) is 0.263. The number of furan rings is 1. The van der Waals surface area contributed by atoms with Crippen LogP contribution in [0.3, 0.4) is 0 Å². The quantitative estimate of drug-likeness (QED) is 0.639. The summed E-state index contributed by atoms with van der Waals surface area (Å²) < 4.78 is 54.4. The third-order valence-corrected chi connectivity index (χ3v) is 4.21. The minimum absolute atomic E-state index is 0.0294. The Balaban J connectivity index is 1.89. The molecule has 0 aliphatic rings. The Hall–Kier alpha value is -3.27. The lowest BCUT2D eigenvalue weighted by Gasteiger charge is -2.10. The topological polar surface area (TPSA) is 104 Å². The maximum atomic E-state index is 12.9. The molecule has 29 heavy (non-hydrogen) atoms. The van der Waals surface area contributed by atoms with Crippen LogP contribution in [0, 0.1) is 0 Å². The van der Waals surface area contributed by atoms with Crippen LogP contribution < -0.4 is 11.1 Å². The van der Waals surface area contributed by atoms with Crippen molar-refractivity contribution in [2.45, 2.75) is 19.2 Å². The number of hydrogen-bond donors (Lipinski definition) is 2.